The highest BCUT2D eigenvalue weighted by Crippen LogP contribution is 2.31. The van der Waals surface area contributed by atoms with Crippen LogP contribution in [0.2, 0.25) is 0 Å². The molecule has 13 heteroatoms. The molecule has 2 atom stereocenters. The van der Waals surface area contributed by atoms with Crippen molar-refractivity contribution in [3.8, 4) is 11.6 Å². The van der Waals surface area contributed by atoms with Crippen molar-refractivity contribution in [3.05, 3.63) is 83.1 Å². The maximum absolute atomic E-state index is 14.1. The van der Waals surface area contributed by atoms with E-state index in [1.54, 1.807) is 31.7 Å². The van der Waals surface area contributed by atoms with E-state index in [9.17, 15) is 13.6 Å². The predicted molar refractivity (Wildman–Crippen MR) is 145 cm³/mol. The zero-order valence-electron chi connectivity index (χ0n) is 22.9. The minimum atomic E-state index is -0.924. The highest BCUT2D eigenvalue weighted by atomic mass is 19.2. The standard InChI is InChI=1S/C28H31F2N7O4/c1-17-26(37(20-7-5-4-6-8-20)35-27(17)40-16-25-34-33-18(2)41-25)32-28(38)31-24-15-36(11-12-39-3)14-21(24)19-9-10-22(29)23(30)13-19/h4-10,13,21,24H,11-12,14-16H2,1-3H3,(H2,31,32,38)/t21-,24+/m0/s1. The van der Waals surface area contributed by atoms with Crippen LogP contribution in [0.3, 0.4) is 0 Å². The summed E-state index contributed by atoms with van der Waals surface area (Å²) in [6.45, 7) is 5.67. The number of anilines is 1. The lowest BCUT2D eigenvalue weighted by Gasteiger charge is -2.21. The van der Waals surface area contributed by atoms with Crippen LogP contribution in [-0.2, 0) is 11.3 Å². The van der Waals surface area contributed by atoms with Crippen molar-refractivity contribution >= 4 is 11.8 Å². The first-order chi connectivity index (χ1) is 19.8. The maximum Gasteiger partial charge on any atom is 0.320 e. The fraction of sp³-hybridized carbons (Fsp3) is 0.357. The number of likely N-dealkylation sites (tertiary alicyclic amines) is 1. The molecule has 3 heterocycles. The molecule has 4 aromatic rings. The number of nitrogens with zero attached hydrogens (tertiary/aromatic N) is 5. The van der Waals surface area contributed by atoms with Gasteiger partial charge in [-0.3, -0.25) is 10.2 Å². The van der Waals surface area contributed by atoms with Gasteiger partial charge in [-0.05, 0) is 36.8 Å². The maximum atomic E-state index is 14.1. The Morgan fingerprint density at radius 3 is 2.61 bits per heavy atom. The van der Waals surface area contributed by atoms with Gasteiger partial charge in [-0.1, -0.05) is 24.3 Å². The summed E-state index contributed by atoms with van der Waals surface area (Å²) in [6.07, 6.45) is 0. The zero-order valence-corrected chi connectivity index (χ0v) is 22.9. The van der Waals surface area contributed by atoms with E-state index in [1.165, 1.54) is 6.07 Å². The van der Waals surface area contributed by atoms with Crippen molar-refractivity contribution in [2.24, 2.45) is 0 Å². The van der Waals surface area contributed by atoms with Gasteiger partial charge in [0.2, 0.25) is 11.8 Å². The Bertz CT molecular complexity index is 1490. The molecule has 11 nitrogen and oxygen atoms in total. The van der Waals surface area contributed by atoms with Gasteiger partial charge in [0.15, 0.2) is 18.2 Å². The van der Waals surface area contributed by atoms with Gasteiger partial charge >= 0.3 is 6.03 Å². The molecular weight excluding hydrogens is 536 g/mol. The molecule has 1 aliphatic heterocycles. The summed E-state index contributed by atoms with van der Waals surface area (Å²) in [5.41, 5.74) is 1.90. The number of methoxy groups -OCH3 is 1. The zero-order chi connectivity index (χ0) is 28.9. The highest BCUT2D eigenvalue weighted by Gasteiger charge is 2.35. The van der Waals surface area contributed by atoms with Gasteiger partial charge in [0.05, 0.1) is 23.9 Å². The first kappa shape index (κ1) is 28.2. The summed E-state index contributed by atoms with van der Waals surface area (Å²) in [5.74, 6) is -0.692. The van der Waals surface area contributed by atoms with Gasteiger partial charge in [0.25, 0.3) is 5.89 Å². The van der Waals surface area contributed by atoms with Crippen LogP contribution in [0.4, 0.5) is 19.4 Å². The van der Waals surface area contributed by atoms with Crippen molar-refractivity contribution in [1.29, 1.82) is 0 Å². The number of hydrogen-bond acceptors (Lipinski definition) is 8. The average Bonchev–Trinajstić information content (AvgIpc) is 3.66. The fourth-order valence-electron chi connectivity index (χ4n) is 4.87. The molecule has 0 saturated carbocycles. The van der Waals surface area contributed by atoms with E-state index in [1.807, 2.05) is 30.3 Å². The largest absolute Gasteiger partial charge is 0.466 e. The van der Waals surface area contributed by atoms with Gasteiger partial charge in [-0.2, -0.15) is 0 Å². The number of benzene rings is 2. The number of hydrogen-bond donors (Lipinski definition) is 2. The Kier molecular flexibility index (Phi) is 8.55. The monoisotopic (exact) mass is 567 g/mol. The molecule has 0 bridgehead atoms. The van der Waals surface area contributed by atoms with Crippen LogP contribution >= 0.6 is 0 Å². The van der Waals surface area contributed by atoms with E-state index in [2.05, 4.69) is 30.8 Å². The molecule has 2 amide bonds. The fourth-order valence-corrected chi connectivity index (χ4v) is 4.87. The van der Waals surface area contributed by atoms with Crippen LogP contribution in [0, 0.1) is 25.5 Å². The summed E-state index contributed by atoms with van der Waals surface area (Å²) >= 11 is 0. The molecule has 1 aliphatic rings. The van der Waals surface area contributed by atoms with E-state index in [-0.39, 0.29) is 24.4 Å². The van der Waals surface area contributed by atoms with Gasteiger partial charge in [0.1, 0.15) is 5.82 Å². The Balaban J connectivity index is 1.37. The van der Waals surface area contributed by atoms with Gasteiger partial charge in [0, 0.05) is 39.6 Å². The summed E-state index contributed by atoms with van der Waals surface area (Å²) in [5, 5.41) is 18.3. The van der Waals surface area contributed by atoms with E-state index in [0.29, 0.717) is 60.7 Å². The number of nitrogens with one attached hydrogen (secondary N) is 2. The van der Waals surface area contributed by atoms with Crippen molar-refractivity contribution in [2.45, 2.75) is 32.4 Å². The Morgan fingerprint density at radius 1 is 1.10 bits per heavy atom. The Hall–Kier alpha value is -4.36. The Labute approximate surface area is 235 Å². The van der Waals surface area contributed by atoms with Crippen LogP contribution in [0.1, 0.15) is 28.8 Å². The van der Waals surface area contributed by atoms with Crippen LogP contribution in [0.15, 0.2) is 52.9 Å². The number of para-hydroxylation sites is 1. The van der Waals surface area contributed by atoms with Gasteiger partial charge in [-0.15, -0.1) is 15.3 Å². The van der Waals surface area contributed by atoms with E-state index < -0.39 is 17.7 Å². The van der Waals surface area contributed by atoms with E-state index in [0.717, 1.165) is 6.07 Å². The lowest BCUT2D eigenvalue weighted by Crippen LogP contribution is -2.42. The number of rotatable bonds is 10. The molecule has 0 aliphatic carbocycles. The number of halogens is 2. The van der Waals surface area contributed by atoms with Crippen molar-refractivity contribution in [3.63, 3.8) is 0 Å². The SMILES string of the molecule is COCCN1C[C@@H](NC(=O)Nc2c(C)c(OCc3nnc(C)o3)nn2-c2ccccc2)[C@H](c2ccc(F)c(F)c2)C1. The van der Waals surface area contributed by atoms with Crippen LogP contribution < -0.4 is 15.4 Å². The number of carbonyl (C=O) groups excluding carboxylic acids is 1. The molecule has 41 heavy (non-hydrogen) atoms. The number of ether oxygens (including phenoxy) is 2. The number of urea groups is 1. The summed E-state index contributed by atoms with van der Waals surface area (Å²) in [7, 11) is 1.62. The molecule has 2 N–H and O–H groups in total. The third kappa shape index (κ3) is 6.52. The molecule has 0 spiro atoms. The van der Waals surface area contributed by atoms with Crippen molar-refractivity contribution < 1.29 is 27.5 Å². The molecule has 0 radical (unpaired) electrons. The molecule has 1 fully saturated rings. The summed E-state index contributed by atoms with van der Waals surface area (Å²) < 4.78 is 45.8. The molecule has 216 valence electrons. The van der Waals surface area contributed by atoms with Crippen molar-refractivity contribution in [1.82, 2.24) is 30.2 Å². The minimum Gasteiger partial charge on any atom is -0.466 e. The predicted octanol–water partition coefficient (Wildman–Crippen LogP) is 3.97. The van der Waals surface area contributed by atoms with Crippen LogP contribution in [-0.4, -0.2) is 70.3 Å². The lowest BCUT2D eigenvalue weighted by atomic mass is 9.94. The second-order valence-corrected chi connectivity index (χ2v) is 9.77. The van der Waals surface area contributed by atoms with Crippen molar-refractivity contribution in [2.75, 3.05) is 38.7 Å². The molecule has 0 unspecified atom stereocenters. The topological polar surface area (TPSA) is 120 Å². The second-order valence-electron chi connectivity index (χ2n) is 9.77. The molecular formula is C28H31F2N7O4. The van der Waals surface area contributed by atoms with E-state index in [4.69, 9.17) is 13.9 Å². The lowest BCUT2D eigenvalue weighted by molar-refractivity contribution is 0.159. The third-order valence-electron chi connectivity index (χ3n) is 6.91. The average molecular weight is 568 g/mol. The van der Waals surface area contributed by atoms with Gasteiger partial charge < -0.3 is 19.2 Å². The third-order valence-corrected chi connectivity index (χ3v) is 6.91. The minimum absolute atomic E-state index is 0.00835. The highest BCUT2D eigenvalue weighted by molar-refractivity contribution is 5.90. The Morgan fingerprint density at radius 2 is 1.90 bits per heavy atom. The van der Waals surface area contributed by atoms with Crippen LogP contribution in [0.25, 0.3) is 5.69 Å². The normalized spacial score (nSPS) is 17.1. The quantitative estimate of drug-likeness (QED) is 0.296. The first-order valence-corrected chi connectivity index (χ1v) is 13.1. The summed E-state index contributed by atoms with van der Waals surface area (Å²) in [4.78, 5) is 15.5. The molecule has 5 rings (SSSR count). The van der Waals surface area contributed by atoms with Crippen LogP contribution in [0.5, 0.6) is 5.88 Å². The van der Waals surface area contributed by atoms with E-state index >= 15 is 0 Å². The second kappa shape index (κ2) is 12.4. The number of aromatic nitrogens is 4. The molecule has 1 saturated heterocycles. The van der Waals surface area contributed by atoms with Gasteiger partial charge in [-0.25, -0.2) is 18.3 Å². The number of aryl methyl sites for hydroxylation is 1. The summed E-state index contributed by atoms with van der Waals surface area (Å²) in [6, 6.07) is 12.3. The number of amides is 2. The smallest absolute Gasteiger partial charge is 0.320 e. The molecule has 2 aromatic carbocycles. The first-order valence-electron chi connectivity index (χ1n) is 13.1. The number of carbonyl (C=O) groups is 1. The molecule has 2 aromatic heterocycles.